The maximum absolute atomic E-state index is 12.7. The van der Waals surface area contributed by atoms with Crippen LogP contribution in [-0.2, 0) is 28.8 Å². The molecule has 0 rings (SSSR count). The van der Waals surface area contributed by atoms with Gasteiger partial charge in [-0.3, -0.25) is 28.8 Å². The molecule has 0 radical (unpaired) electrons. The third-order valence-corrected chi connectivity index (χ3v) is 4.36. The van der Waals surface area contributed by atoms with Crippen LogP contribution in [0.4, 0.5) is 0 Å². The van der Waals surface area contributed by atoms with E-state index in [0.29, 0.717) is 19.4 Å². The van der Waals surface area contributed by atoms with E-state index < -0.39 is 66.2 Å². The van der Waals surface area contributed by atoms with E-state index in [9.17, 15) is 28.8 Å². The summed E-state index contributed by atoms with van der Waals surface area (Å²) in [7, 11) is 0. The van der Waals surface area contributed by atoms with E-state index in [0.717, 1.165) is 0 Å². The summed E-state index contributed by atoms with van der Waals surface area (Å²) in [6, 6.07) is -5.20. The monoisotopic (exact) mass is 460 g/mol. The molecule has 4 atom stereocenters. The van der Waals surface area contributed by atoms with Crippen molar-refractivity contribution in [2.75, 3.05) is 6.54 Å². The van der Waals surface area contributed by atoms with Crippen LogP contribution in [0.3, 0.4) is 0 Å². The normalized spacial score (nSPS) is 14.3. The van der Waals surface area contributed by atoms with Gasteiger partial charge in [0.1, 0.15) is 18.1 Å². The van der Waals surface area contributed by atoms with E-state index in [1.165, 1.54) is 6.92 Å². The molecule has 0 aliphatic heterocycles. The van der Waals surface area contributed by atoms with Crippen molar-refractivity contribution in [3.8, 4) is 0 Å². The number of unbranched alkanes of at least 4 members (excludes halogenated alkanes) is 1. The molecule has 4 amide bonds. The first kappa shape index (κ1) is 28.7. The number of carbonyl (C=O) groups is 6. The highest BCUT2D eigenvalue weighted by molar-refractivity contribution is 5.95. The van der Waals surface area contributed by atoms with Gasteiger partial charge in [-0.1, -0.05) is 0 Å². The lowest BCUT2D eigenvalue weighted by molar-refractivity contribution is -0.143. The number of primary amides is 1. The minimum atomic E-state index is -1.58. The van der Waals surface area contributed by atoms with Gasteiger partial charge in [0.15, 0.2) is 0 Å². The van der Waals surface area contributed by atoms with Crippen molar-refractivity contribution in [2.45, 2.75) is 69.6 Å². The Kier molecular flexibility index (Phi) is 13.2. The molecule has 182 valence electrons. The van der Waals surface area contributed by atoms with Crippen LogP contribution in [0.2, 0.25) is 0 Å². The summed E-state index contributed by atoms with van der Waals surface area (Å²) in [6.07, 6.45) is 0.0756. The molecule has 11 N–H and O–H groups in total. The van der Waals surface area contributed by atoms with Gasteiger partial charge in [0.05, 0.1) is 12.5 Å². The van der Waals surface area contributed by atoms with Crippen LogP contribution >= 0.6 is 0 Å². The van der Waals surface area contributed by atoms with Crippen molar-refractivity contribution in [1.29, 1.82) is 0 Å². The zero-order valence-corrected chi connectivity index (χ0v) is 17.8. The fraction of sp³-hybridized carbons (Fsp3) is 0.667. The largest absolute Gasteiger partial charge is 0.481 e. The zero-order valence-electron chi connectivity index (χ0n) is 17.8. The average molecular weight is 460 g/mol. The van der Waals surface area contributed by atoms with Crippen molar-refractivity contribution >= 4 is 35.6 Å². The first-order valence-corrected chi connectivity index (χ1v) is 9.98. The van der Waals surface area contributed by atoms with Crippen LogP contribution in [0.15, 0.2) is 0 Å². The quantitative estimate of drug-likeness (QED) is 0.107. The summed E-state index contributed by atoms with van der Waals surface area (Å²) in [4.78, 5) is 70.2. The van der Waals surface area contributed by atoms with Gasteiger partial charge in [-0.25, -0.2) is 0 Å². The third kappa shape index (κ3) is 11.8. The minimum absolute atomic E-state index is 0.0462. The lowest BCUT2D eigenvalue weighted by Crippen LogP contribution is -2.57. The Morgan fingerprint density at radius 3 is 1.91 bits per heavy atom. The highest BCUT2D eigenvalue weighted by Gasteiger charge is 2.30. The molecule has 0 aromatic heterocycles. The third-order valence-electron chi connectivity index (χ3n) is 4.36. The Morgan fingerprint density at radius 2 is 1.41 bits per heavy atom. The van der Waals surface area contributed by atoms with Crippen molar-refractivity contribution in [1.82, 2.24) is 16.0 Å². The van der Waals surface area contributed by atoms with Gasteiger partial charge in [-0.05, 0) is 39.2 Å². The number of carboxylic acid groups (broad SMARTS) is 2. The highest BCUT2D eigenvalue weighted by Crippen LogP contribution is 2.05. The molecule has 0 aromatic carbocycles. The molecule has 0 spiro atoms. The van der Waals surface area contributed by atoms with Crippen molar-refractivity contribution in [3.63, 3.8) is 0 Å². The Bertz CT molecular complexity index is 701. The Balaban J connectivity index is 5.35. The first-order valence-electron chi connectivity index (χ1n) is 9.98. The number of carbonyl (C=O) groups excluding carboxylic acids is 4. The molecule has 0 bridgehead atoms. The number of aliphatic carboxylic acids is 2. The predicted molar refractivity (Wildman–Crippen MR) is 111 cm³/mol. The maximum atomic E-state index is 12.7. The van der Waals surface area contributed by atoms with E-state index in [4.69, 9.17) is 27.4 Å². The molecule has 32 heavy (non-hydrogen) atoms. The zero-order chi connectivity index (χ0) is 24.8. The number of nitrogens with two attached hydrogens (primary N) is 3. The number of hydrogen-bond donors (Lipinski definition) is 8. The van der Waals surface area contributed by atoms with E-state index in [1.54, 1.807) is 0 Å². The summed E-state index contributed by atoms with van der Waals surface area (Å²) < 4.78 is 0. The SMILES string of the molecule is CC(NC(=O)C(CC(=O)O)NC(=O)C(CCCCN)NC(=O)C(N)CCC(N)=O)C(=O)O. The van der Waals surface area contributed by atoms with E-state index >= 15 is 0 Å². The lowest BCUT2D eigenvalue weighted by atomic mass is 10.1. The maximum Gasteiger partial charge on any atom is 0.325 e. The van der Waals surface area contributed by atoms with Crippen molar-refractivity contribution in [3.05, 3.63) is 0 Å². The number of amides is 4. The van der Waals surface area contributed by atoms with Crippen LogP contribution in [0.1, 0.15) is 45.4 Å². The summed E-state index contributed by atoms with van der Waals surface area (Å²) in [5.74, 6) is -6.02. The molecule has 0 aliphatic carbocycles. The fourth-order valence-corrected chi connectivity index (χ4v) is 2.50. The van der Waals surface area contributed by atoms with Gasteiger partial charge in [0.2, 0.25) is 23.6 Å². The summed E-state index contributed by atoms with van der Waals surface area (Å²) in [5, 5.41) is 24.7. The second kappa shape index (κ2) is 14.7. The van der Waals surface area contributed by atoms with Gasteiger partial charge in [-0.15, -0.1) is 0 Å². The molecular weight excluding hydrogens is 428 g/mol. The number of rotatable bonds is 16. The minimum Gasteiger partial charge on any atom is -0.481 e. The van der Waals surface area contributed by atoms with Crippen LogP contribution in [-0.4, -0.2) is 76.5 Å². The van der Waals surface area contributed by atoms with E-state index in [2.05, 4.69) is 16.0 Å². The van der Waals surface area contributed by atoms with Gasteiger partial charge in [0.25, 0.3) is 0 Å². The number of hydrogen-bond acceptors (Lipinski definition) is 8. The highest BCUT2D eigenvalue weighted by atomic mass is 16.4. The molecular formula is C18H32N6O8. The lowest BCUT2D eigenvalue weighted by Gasteiger charge is -2.24. The first-order chi connectivity index (χ1) is 14.9. The number of carboxylic acids is 2. The van der Waals surface area contributed by atoms with Gasteiger partial charge in [0, 0.05) is 6.42 Å². The Hall–Kier alpha value is -3.26. The Labute approximate surface area is 184 Å². The van der Waals surface area contributed by atoms with Crippen LogP contribution in [0, 0.1) is 0 Å². The molecule has 0 saturated heterocycles. The molecule has 4 unspecified atom stereocenters. The van der Waals surface area contributed by atoms with Gasteiger partial charge < -0.3 is 43.4 Å². The van der Waals surface area contributed by atoms with Crippen LogP contribution in [0.5, 0.6) is 0 Å². The average Bonchev–Trinajstić information content (AvgIpc) is 2.69. The fourth-order valence-electron chi connectivity index (χ4n) is 2.50. The van der Waals surface area contributed by atoms with Gasteiger partial charge >= 0.3 is 11.9 Å². The molecule has 0 heterocycles. The second-order valence-corrected chi connectivity index (χ2v) is 7.18. The topological polar surface area (TPSA) is 257 Å². The van der Waals surface area contributed by atoms with Gasteiger partial charge in [-0.2, -0.15) is 0 Å². The Morgan fingerprint density at radius 1 is 0.844 bits per heavy atom. The molecule has 0 fully saturated rings. The van der Waals surface area contributed by atoms with Crippen molar-refractivity contribution in [2.24, 2.45) is 17.2 Å². The van der Waals surface area contributed by atoms with Crippen LogP contribution < -0.4 is 33.2 Å². The van der Waals surface area contributed by atoms with Crippen LogP contribution in [0.25, 0.3) is 0 Å². The molecule has 0 aromatic rings. The summed E-state index contributed by atoms with van der Waals surface area (Å²) >= 11 is 0. The standard InChI is InChI=1S/C18H32N6O8/c1-9(18(31)32)22-17(30)12(8-14(26)27)24-16(29)11(4-2-3-7-19)23-15(28)10(20)5-6-13(21)25/h9-12H,2-8,19-20H2,1H3,(H2,21,25)(H,22,30)(H,23,28)(H,24,29)(H,26,27)(H,31,32). The predicted octanol–water partition coefficient (Wildman–Crippen LogP) is -3.26. The molecule has 0 saturated carbocycles. The molecule has 14 heteroatoms. The van der Waals surface area contributed by atoms with Crippen molar-refractivity contribution < 1.29 is 39.0 Å². The number of nitrogens with one attached hydrogen (secondary N) is 3. The molecule has 0 aliphatic rings. The smallest absolute Gasteiger partial charge is 0.325 e. The summed E-state index contributed by atoms with van der Waals surface area (Å²) in [6.45, 7) is 1.50. The molecule has 14 nitrogen and oxygen atoms in total. The van der Waals surface area contributed by atoms with E-state index in [-0.39, 0.29) is 19.3 Å². The van der Waals surface area contributed by atoms with E-state index in [1.807, 2.05) is 0 Å². The summed E-state index contributed by atoms with van der Waals surface area (Å²) in [5.41, 5.74) is 16.2. The second-order valence-electron chi connectivity index (χ2n) is 7.18.